The van der Waals surface area contributed by atoms with E-state index in [0.717, 1.165) is 44.2 Å². The normalized spacial score (nSPS) is 18.3. The molecule has 3 heterocycles. The van der Waals surface area contributed by atoms with Crippen LogP contribution in [-0.2, 0) is 0 Å². The van der Waals surface area contributed by atoms with Crippen LogP contribution in [0.4, 0.5) is 0 Å². The second-order valence-electron chi connectivity index (χ2n) is 5.08. The smallest absolute Gasteiger partial charge is 0.293 e. The van der Waals surface area contributed by atoms with Crippen molar-refractivity contribution in [1.29, 1.82) is 0 Å². The molecule has 1 unspecified atom stereocenters. The highest BCUT2D eigenvalue weighted by atomic mass is 16.5. The van der Waals surface area contributed by atoms with Crippen LogP contribution in [0.1, 0.15) is 31.0 Å². The zero-order valence-electron chi connectivity index (χ0n) is 11.9. The Kier molecular flexibility index (Phi) is 3.84. The minimum atomic E-state index is 0.214. The number of piperazine rings is 1. The van der Waals surface area contributed by atoms with Crippen molar-refractivity contribution in [3.05, 3.63) is 23.7 Å². The fourth-order valence-corrected chi connectivity index (χ4v) is 2.62. The number of aryl methyl sites for hydroxylation is 1. The van der Waals surface area contributed by atoms with E-state index in [1.165, 1.54) is 0 Å². The summed E-state index contributed by atoms with van der Waals surface area (Å²) in [6.45, 7) is 8.11. The first-order valence-electron chi connectivity index (χ1n) is 7.13. The molecule has 0 bridgehead atoms. The first-order chi connectivity index (χ1) is 9.78. The molecule has 1 fully saturated rings. The highest BCUT2D eigenvalue weighted by molar-refractivity contribution is 5.44. The highest BCUT2D eigenvalue weighted by Crippen LogP contribution is 2.26. The van der Waals surface area contributed by atoms with Gasteiger partial charge in [0.2, 0.25) is 0 Å². The summed E-state index contributed by atoms with van der Waals surface area (Å²) in [6.07, 6.45) is 0.968. The molecule has 108 valence electrons. The van der Waals surface area contributed by atoms with E-state index in [2.05, 4.69) is 27.3 Å². The molecule has 1 aliphatic rings. The van der Waals surface area contributed by atoms with Crippen LogP contribution in [0.3, 0.4) is 0 Å². The van der Waals surface area contributed by atoms with Gasteiger partial charge in [-0.2, -0.15) is 4.98 Å². The van der Waals surface area contributed by atoms with Crippen molar-refractivity contribution in [1.82, 2.24) is 20.4 Å². The zero-order chi connectivity index (χ0) is 13.9. The largest absolute Gasteiger partial charge is 0.456 e. The zero-order valence-corrected chi connectivity index (χ0v) is 11.9. The third-order valence-corrected chi connectivity index (χ3v) is 3.67. The van der Waals surface area contributed by atoms with Crippen molar-refractivity contribution in [2.75, 3.05) is 26.2 Å². The Hall–Kier alpha value is -1.66. The van der Waals surface area contributed by atoms with Gasteiger partial charge >= 0.3 is 0 Å². The van der Waals surface area contributed by atoms with Gasteiger partial charge in [-0.15, -0.1) is 0 Å². The predicted octanol–water partition coefficient (Wildman–Crippen LogP) is 1.99. The van der Waals surface area contributed by atoms with Crippen LogP contribution in [0.5, 0.6) is 0 Å². The van der Waals surface area contributed by atoms with Gasteiger partial charge in [0.15, 0.2) is 11.6 Å². The minimum Gasteiger partial charge on any atom is -0.456 e. The van der Waals surface area contributed by atoms with E-state index in [1.54, 1.807) is 0 Å². The number of hydrogen-bond donors (Lipinski definition) is 1. The molecule has 6 nitrogen and oxygen atoms in total. The second kappa shape index (κ2) is 5.76. The number of rotatable bonds is 4. The van der Waals surface area contributed by atoms with Crippen LogP contribution >= 0.6 is 0 Å². The van der Waals surface area contributed by atoms with E-state index in [9.17, 15) is 0 Å². The molecule has 1 saturated heterocycles. The van der Waals surface area contributed by atoms with Gasteiger partial charge in [-0.05, 0) is 25.5 Å². The molecule has 1 N–H and O–H groups in total. The van der Waals surface area contributed by atoms with Gasteiger partial charge in [0.25, 0.3) is 5.89 Å². The maximum Gasteiger partial charge on any atom is 0.293 e. The first-order valence-corrected chi connectivity index (χ1v) is 7.13. The van der Waals surface area contributed by atoms with Gasteiger partial charge in [-0.3, -0.25) is 4.90 Å². The van der Waals surface area contributed by atoms with Crippen molar-refractivity contribution in [3.63, 3.8) is 0 Å². The molecule has 0 aromatic carbocycles. The summed E-state index contributed by atoms with van der Waals surface area (Å²) in [5.41, 5.74) is 0. The lowest BCUT2D eigenvalue weighted by Crippen LogP contribution is -2.45. The summed E-state index contributed by atoms with van der Waals surface area (Å²) in [6, 6.07) is 3.97. The lowest BCUT2D eigenvalue weighted by atomic mass is 10.1. The predicted molar refractivity (Wildman–Crippen MR) is 74.2 cm³/mol. The summed E-state index contributed by atoms with van der Waals surface area (Å²) in [5.74, 6) is 2.69. The summed E-state index contributed by atoms with van der Waals surface area (Å²) in [5, 5.41) is 7.50. The van der Waals surface area contributed by atoms with Crippen molar-refractivity contribution < 1.29 is 8.94 Å². The van der Waals surface area contributed by atoms with Crippen molar-refractivity contribution >= 4 is 0 Å². The van der Waals surface area contributed by atoms with E-state index in [1.807, 2.05) is 19.1 Å². The van der Waals surface area contributed by atoms with Crippen LogP contribution < -0.4 is 5.32 Å². The van der Waals surface area contributed by atoms with E-state index >= 15 is 0 Å². The monoisotopic (exact) mass is 276 g/mol. The van der Waals surface area contributed by atoms with E-state index in [0.29, 0.717) is 11.7 Å². The Labute approximate surface area is 118 Å². The number of nitrogens with one attached hydrogen (secondary N) is 1. The number of nitrogens with zero attached hydrogens (tertiary/aromatic N) is 3. The lowest BCUT2D eigenvalue weighted by molar-refractivity contribution is 0.160. The Balaban J connectivity index is 1.80. The molecular weight excluding hydrogens is 256 g/mol. The van der Waals surface area contributed by atoms with Gasteiger partial charge in [0.05, 0.1) is 6.04 Å². The lowest BCUT2D eigenvalue weighted by Gasteiger charge is -2.32. The maximum atomic E-state index is 5.52. The Morgan fingerprint density at radius 2 is 2.15 bits per heavy atom. The Morgan fingerprint density at radius 3 is 2.80 bits per heavy atom. The molecule has 2 aromatic heterocycles. The molecule has 0 saturated carbocycles. The van der Waals surface area contributed by atoms with Gasteiger partial charge in [-0.25, -0.2) is 0 Å². The van der Waals surface area contributed by atoms with Gasteiger partial charge < -0.3 is 14.3 Å². The standard InChI is InChI=1S/C14H20N4O2/c1-3-11(18-8-6-15-7-9-18)13-16-14(20-17-13)12-5-4-10(2)19-12/h4-5,11,15H,3,6-9H2,1-2H3. The summed E-state index contributed by atoms with van der Waals surface area (Å²) in [7, 11) is 0. The average Bonchev–Trinajstić information content (AvgIpc) is 3.10. The van der Waals surface area contributed by atoms with Crippen molar-refractivity contribution in [2.45, 2.75) is 26.3 Å². The first kappa shape index (κ1) is 13.3. The van der Waals surface area contributed by atoms with Crippen molar-refractivity contribution in [3.8, 4) is 11.7 Å². The fourth-order valence-electron chi connectivity index (χ4n) is 2.62. The Bertz CT molecular complexity index is 557. The van der Waals surface area contributed by atoms with E-state index in [4.69, 9.17) is 8.94 Å². The van der Waals surface area contributed by atoms with Crippen LogP contribution in [-0.4, -0.2) is 41.2 Å². The van der Waals surface area contributed by atoms with Crippen LogP contribution in [0.2, 0.25) is 0 Å². The molecule has 3 rings (SSSR count). The fraction of sp³-hybridized carbons (Fsp3) is 0.571. The van der Waals surface area contributed by atoms with Crippen LogP contribution in [0, 0.1) is 6.92 Å². The second-order valence-corrected chi connectivity index (χ2v) is 5.08. The van der Waals surface area contributed by atoms with E-state index in [-0.39, 0.29) is 6.04 Å². The molecule has 1 atom stereocenters. The van der Waals surface area contributed by atoms with Gasteiger partial charge in [-0.1, -0.05) is 12.1 Å². The third-order valence-electron chi connectivity index (χ3n) is 3.67. The molecule has 0 radical (unpaired) electrons. The average molecular weight is 276 g/mol. The van der Waals surface area contributed by atoms with Crippen LogP contribution in [0.15, 0.2) is 21.1 Å². The van der Waals surface area contributed by atoms with Gasteiger partial charge in [0, 0.05) is 26.2 Å². The van der Waals surface area contributed by atoms with Crippen molar-refractivity contribution in [2.24, 2.45) is 0 Å². The molecule has 0 amide bonds. The van der Waals surface area contributed by atoms with E-state index < -0.39 is 0 Å². The number of aromatic nitrogens is 2. The summed E-state index contributed by atoms with van der Waals surface area (Å²) < 4.78 is 10.9. The summed E-state index contributed by atoms with van der Waals surface area (Å²) >= 11 is 0. The molecule has 6 heteroatoms. The molecule has 0 spiro atoms. The molecular formula is C14H20N4O2. The molecule has 0 aliphatic carbocycles. The SMILES string of the molecule is CCC(c1noc(-c2ccc(C)o2)n1)N1CCNCC1. The highest BCUT2D eigenvalue weighted by Gasteiger charge is 2.25. The summed E-state index contributed by atoms with van der Waals surface area (Å²) in [4.78, 5) is 6.91. The molecule has 2 aromatic rings. The Morgan fingerprint density at radius 1 is 1.35 bits per heavy atom. The number of furan rings is 1. The van der Waals surface area contributed by atoms with Gasteiger partial charge in [0.1, 0.15) is 5.76 Å². The minimum absolute atomic E-state index is 0.214. The third kappa shape index (κ3) is 2.62. The molecule has 20 heavy (non-hydrogen) atoms. The maximum absolute atomic E-state index is 5.52. The topological polar surface area (TPSA) is 67.3 Å². The quantitative estimate of drug-likeness (QED) is 0.921. The number of hydrogen-bond acceptors (Lipinski definition) is 6. The molecule has 1 aliphatic heterocycles. The van der Waals surface area contributed by atoms with Crippen LogP contribution in [0.25, 0.3) is 11.7 Å².